The number of halogens is 2. The summed E-state index contributed by atoms with van der Waals surface area (Å²) < 4.78 is 33.7. The zero-order valence-corrected chi connectivity index (χ0v) is 10.8. The number of carbonyl (C=O) groups excluding carboxylic acids is 1. The predicted molar refractivity (Wildman–Crippen MR) is 64.6 cm³/mol. The molecule has 0 radical (unpaired) electrons. The third-order valence-electron chi connectivity index (χ3n) is 2.66. The van der Waals surface area contributed by atoms with Gasteiger partial charge in [-0.15, -0.1) is 3.89 Å². The molecule has 0 saturated carbocycles. The second-order valence-electron chi connectivity index (χ2n) is 4.12. The lowest BCUT2D eigenvalue weighted by atomic mass is 10.1. The lowest BCUT2D eigenvalue weighted by Crippen LogP contribution is -2.25. The molecule has 1 aliphatic rings. The normalized spacial score (nSPS) is 20.4. The molecule has 0 aromatic carbocycles. The van der Waals surface area contributed by atoms with Crippen molar-refractivity contribution in [1.82, 2.24) is 4.98 Å². The van der Waals surface area contributed by atoms with Gasteiger partial charge in [0.15, 0.2) is 0 Å². The molecule has 1 unspecified atom stereocenters. The van der Waals surface area contributed by atoms with E-state index in [0.717, 1.165) is 0 Å². The SMILES string of the molecule is O=C1CC(CS(=O)(=O)F)CN1c1ccnc(Cl)c1. The molecular weight excluding hydrogens is 283 g/mol. The van der Waals surface area contributed by atoms with Crippen molar-refractivity contribution in [3.63, 3.8) is 0 Å². The monoisotopic (exact) mass is 292 g/mol. The van der Waals surface area contributed by atoms with Crippen LogP contribution in [0.2, 0.25) is 5.15 Å². The van der Waals surface area contributed by atoms with E-state index in [-0.39, 0.29) is 24.0 Å². The summed E-state index contributed by atoms with van der Waals surface area (Å²) in [6.07, 6.45) is 1.47. The first kappa shape index (κ1) is 13.2. The molecule has 1 amide bonds. The molecule has 5 nitrogen and oxygen atoms in total. The molecule has 1 atom stereocenters. The van der Waals surface area contributed by atoms with Gasteiger partial charge < -0.3 is 4.90 Å². The van der Waals surface area contributed by atoms with Crippen LogP contribution in [-0.2, 0) is 15.0 Å². The first-order valence-electron chi connectivity index (χ1n) is 5.19. The van der Waals surface area contributed by atoms with E-state index in [1.807, 2.05) is 0 Å². The van der Waals surface area contributed by atoms with Crippen molar-refractivity contribution in [2.75, 3.05) is 17.2 Å². The molecular formula is C10H10ClFN2O3S. The predicted octanol–water partition coefficient (Wildman–Crippen LogP) is 1.39. The van der Waals surface area contributed by atoms with Crippen molar-refractivity contribution in [3.05, 3.63) is 23.5 Å². The highest BCUT2D eigenvalue weighted by atomic mass is 35.5. The van der Waals surface area contributed by atoms with Crippen LogP contribution in [-0.4, -0.2) is 31.6 Å². The molecule has 98 valence electrons. The van der Waals surface area contributed by atoms with Gasteiger partial charge in [0.05, 0.1) is 5.75 Å². The maximum Gasteiger partial charge on any atom is 0.302 e. The summed E-state index contributed by atoms with van der Waals surface area (Å²) in [6.45, 7) is 0.169. The Morgan fingerprint density at radius 1 is 1.56 bits per heavy atom. The molecule has 8 heteroatoms. The molecule has 1 fully saturated rings. The van der Waals surface area contributed by atoms with Crippen LogP contribution in [0.5, 0.6) is 0 Å². The third-order valence-corrected chi connectivity index (χ3v) is 3.74. The number of hydrogen-bond donors (Lipinski definition) is 0. The van der Waals surface area contributed by atoms with E-state index in [0.29, 0.717) is 5.69 Å². The first-order valence-corrected chi connectivity index (χ1v) is 7.12. The Labute approximate surface area is 109 Å². The van der Waals surface area contributed by atoms with Crippen LogP contribution in [0.4, 0.5) is 9.57 Å². The van der Waals surface area contributed by atoms with E-state index in [9.17, 15) is 17.1 Å². The van der Waals surface area contributed by atoms with Crippen LogP contribution in [0, 0.1) is 5.92 Å². The van der Waals surface area contributed by atoms with Gasteiger partial charge in [-0.3, -0.25) is 4.79 Å². The molecule has 0 N–H and O–H groups in total. The fourth-order valence-electron chi connectivity index (χ4n) is 1.98. The molecule has 2 heterocycles. The van der Waals surface area contributed by atoms with Crippen molar-refractivity contribution in [2.45, 2.75) is 6.42 Å². The van der Waals surface area contributed by atoms with Gasteiger partial charge in [-0.1, -0.05) is 11.6 Å². The molecule has 0 bridgehead atoms. The number of aromatic nitrogens is 1. The molecule has 18 heavy (non-hydrogen) atoms. The Kier molecular flexibility index (Phi) is 3.54. The number of anilines is 1. The number of pyridine rings is 1. The van der Waals surface area contributed by atoms with Gasteiger partial charge in [-0.25, -0.2) is 4.98 Å². The molecule has 2 rings (SSSR count). The molecule has 0 spiro atoms. The second-order valence-corrected chi connectivity index (χ2v) is 5.92. The zero-order valence-electron chi connectivity index (χ0n) is 9.21. The van der Waals surface area contributed by atoms with Crippen molar-refractivity contribution >= 4 is 33.4 Å². The van der Waals surface area contributed by atoms with E-state index < -0.39 is 21.9 Å². The summed E-state index contributed by atoms with van der Waals surface area (Å²) in [6, 6.07) is 3.10. The Bertz CT molecular complexity index is 578. The lowest BCUT2D eigenvalue weighted by molar-refractivity contribution is -0.117. The number of carbonyl (C=O) groups is 1. The van der Waals surface area contributed by atoms with Crippen LogP contribution in [0.15, 0.2) is 18.3 Å². The van der Waals surface area contributed by atoms with Crippen molar-refractivity contribution in [3.8, 4) is 0 Å². The average molecular weight is 293 g/mol. The summed E-state index contributed by atoms with van der Waals surface area (Å²) >= 11 is 5.71. The van der Waals surface area contributed by atoms with E-state index in [2.05, 4.69) is 4.98 Å². The first-order chi connectivity index (χ1) is 8.35. The summed E-state index contributed by atoms with van der Waals surface area (Å²) in [5.41, 5.74) is 0.541. The standard InChI is InChI=1S/C10H10ClFN2O3S/c11-9-4-8(1-2-13-9)14-5-7(3-10(14)15)6-18(12,16)17/h1-2,4,7H,3,5-6H2. The largest absolute Gasteiger partial charge is 0.312 e. The summed E-state index contributed by atoms with van der Waals surface area (Å²) in [5, 5.41) is 0.238. The zero-order chi connectivity index (χ0) is 13.3. The minimum Gasteiger partial charge on any atom is -0.312 e. The summed E-state index contributed by atoms with van der Waals surface area (Å²) in [7, 11) is -4.56. The molecule has 1 aromatic rings. The Morgan fingerprint density at radius 3 is 2.89 bits per heavy atom. The van der Waals surface area contributed by atoms with Crippen molar-refractivity contribution in [1.29, 1.82) is 0 Å². The topological polar surface area (TPSA) is 67.3 Å². The van der Waals surface area contributed by atoms with Gasteiger partial charge >= 0.3 is 10.2 Å². The molecule has 0 aliphatic carbocycles. The van der Waals surface area contributed by atoms with E-state index in [1.165, 1.54) is 17.2 Å². The molecule has 1 saturated heterocycles. The minimum absolute atomic E-state index is 0.0170. The fourth-order valence-corrected chi connectivity index (χ4v) is 2.94. The van der Waals surface area contributed by atoms with Crippen LogP contribution in [0.25, 0.3) is 0 Å². The van der Waals surface area contributed by atoms with E-state index in [4.69, 9.17) is 11.6 Å². The Morgan fingerprint density at radius 2 is 2.28 bits per heavy atom. The fraction of sp³-hybridized carbons (Fsp3) is 0.400. The molecule has 1 aromatic heterocycles. The molecule has 1 aliphatic heterocycles. The van der Waals surface area contributed by atoms with Gasteiger partial charge in [-0.05, 0) is 12.1 Å². The maximum absolute atomic E-state index is 12.6. The second kappa shape index (κ2) is 4.81. The quantitative estimate of drug-likeness (QED) is 0.624. The van der Waals surface area contributed by atoms with Gasteiger partial charge in [0.1, 0.15) is 5.15 Å². The minimum atomic E-state index is -4.56. The van der Waals surface area contributed by atoms with Gasteiger partial charge in [0, 0.05) is 30.8 Å². The number of rotatable bonds is 3. The lowest BCUT2D eigenvalue weighted by Gasteiger charge is -2.16. The van der Waals surface area contributed by atoms with Gasteiger partial charge in [-0.2, -0.15) is 8.42 Å². The highest BCUT2D eigenvalue weighted by molar-refractivity contribution is 7.86. The highest BCUT2D eigenvalue weighted by Gasteiger charge is 2.33. The summed E-state index contributed by atoms with van der Waals surface area (Å²) in [4.78, 5) is 16.9. The van der Waals surface area contributed by atoms with Crippen LogP contribution < -0.4 is 4.90 Å². The van der Waals surface area contributed by atoms with E-state index >= 15 is 0 Å². The van der Waals surface area contributed by atoms with Gasteiger partial charge in [0.2, 0.25) is 5.91 Å². The van der Waals surface area contributed by atoms with Crippen LogP contribution >= 0.6 is 11.6 Å². The Balaban J connectivity index is 2.15. The highest BCUT2D eigenvalue weighted by Crippen LogP contribution is 2.27. The number of nitrogens with zero attached hydrogens (tertiary/aromatic N) is 2. The third kappa shape index (κ3) is 3.17. The average Bonchev–Trinajstić information content (AvgIpc) is 2.56. The number of hydrogen-bond acceptors (Lipinski definition) is 4. The van der Waals surface area contributed by atoms with Crippen molar-refractivity contribution < 1.29 is 17.1 Å². The van der Waals surface area contributed by atoms with Gasteiger partial charge in [0.25, 0.3) is 0 Å². The van der Waals surface area contributed by atoms with E-state index in [1.54, 1.807) is 6.07 Å². The maximum atomic E-state index is 12.6. The van der Waals surface area contributed by atoms with Crippen LogP contribution in [0.3, 0.4) is 0 Å². The van der Waals surface area contributed by atoms with Crippen molar-refractivity contribution in [2.24, 2.45) is 5.92 Å². The Hall–Kier alpha value is -1.21. The summed E-state index contributed by atoms with van der Waals surface area (Å²) in [5.74, 6) is -1.40. The smallest absolute Gasteiger partial charge is 0.302 e. The van der Waals surface area contributed by atoms with Crippen LogP contribution in [0.1, 0.15) is 6.42 Å². The number of amides is 1.